The maximum atomic E-state index is 2.49. The van der Waals surface area contributed by atoms with E-state index in [4.69, 9.17) is 0 Å². The Morgan fingerprint density at radius 3 is 1.06 bits per heavy atom. The maximum absolute atomic E-state index is 2.49. The van der Waals surface area contributed by atoms with E-state index in [0.717, 1.165) is 6.42 Å². The minimum atomic E-state index is -2.41. The Morgan fingerprint density at radius 1 is 0.484 bits per heavy atom. The molecule has 0 spiro atoms. The summed E-state index contributed by atoms with van der Waals surface area (Å²) in [5.74, 6) is 0. The van der Waals surface area contributed by atoms with Crippen LogP contribution in [0, 0.1) is 41.5 Å². The summed E-state index contributed by atoms with van der Waals surface area (Å²) in [6.07, 6.45) is 5.94. The molecule has 0 N–H and O–H groups in total. The van der Waals surface area contributed by atoms with Crippen LogP contribution in [0.1, 0.15) is 46.7 Å². The van der Waals surface area contributed by atoms with Crippen LogP contribution in [0.2, 0.25) is 0 Å². The SMILES string of the molecule is CC1=CCC([Si](c2cc(C)cc(C)c2)(c2cc(C)cc(C)c2)c2cc(C)cc(C)c2)=C1. The summed E-state index contributed by atoms with van der Waals surface area (Å²) < 4.78 is 0. The number of benzene rings is 3. The van der Waals surface area contributed by atoms with Crippen LogP contribution in [-0.4, -0.2) is 8.07 Å². The lowest BCUT2D eigenvalue weighted by Gasteiger charge is -2.37. The van der Waals surface area contributed by atoms with E-state index in [0.29, 0.717) is 0 Å². The van der Waals surface area contributed by atoms with Gasteiger partial charge in [0.05, 0.1) is 0 Å². The molecule has 3 aromatic carbocycles. The van der Waals surface area contributed by atoms with Crippen molar-refractivity contribution in [2.75, 3.05) is 0 Å². The fraction of sp³-hybridized carbons (Fsp3) is 0.267. The Labute approximate surface area is 189 Å². The van der Waals surface area contributed by atoms with Crippen molar-refractivity contribution in [1.82, 2.24) is 0 Å². The zero-order valence-corrected chi connectivity index (χ0v) is 21.1. The molecular weight excluding hydrogens is 388 g/mol. The highest BCUT2D eigenvalue weighted by molar-refractivity contribution is 7.16. The van der Waals surface area contributed by atoms with Gasteiger partial charge in [0.25, 0.3) is 0 Å². The third-order valence-electron chi connectivity index (χ3n) is 6.49. The van der Waals surface area contributed by atoms with E-state index in [1.165, 1.54) is 54.5 Å². The van der Waals surface area contributed by atoms with Crippen molar-refractivity contribution in [3.05, 3.63) is 111 Å². The van der Waals surface area contributed by atoms with Gasteiger partial charge in [0.2, 0.25) is 0 Å². The molecule has 0 nitrogen and oxygen atoms in total. The second-order valence-corrected chi connectivity index (χ2v) is 13.6. The quantitative estimate of drug-likeness (QED) is 0.367. The Hall–Kier alpha value is -2.64. The molecule has 0 radical (unpaired) electrons. The third-order valence-corrected chi connectivity index (χ3v) is 11.3. The van der Waals surface area contributed by atoms with Crippen molar-refractivity contribution in [2.45, 2.75) is 54.9 Å². The largest absolute Gasteiger partial charge is 0.176 e. The number of hydrogen-bond acceptors (Lipinski definition) is 0. The monoisotopic (exact) mass is 422 g/mol. The topological polar surface area (TPSA) is 0 Å². The second-order valence-electron chi connectivity index (χ2n) is 9.70. The number of aryl methyl sites for hydroxylation is 6. The zero-order chi connectivity index (χ0) is 22.3. The van der Waals surface area contributed by atoms with Crippen LogP contribution in [-0.2, 0) is 0 Å². The van der Waals surface area contributed by atoms with E-state index >= 15 is 0 Å². The molecule has 0 fully saturated rings. The summed E-state index contributed by atoms with van der Waals surface area (Å²) in [7, 11) is -2.41. The normalized spacial score (nSPS) is 13.9. The molecule has 0 heterocycles. The molecule has 0 saturated heterocycles. The average Bonchev–Trinajstić information content (AvgIpc) is 3.06. The van der Waals surface area contributed by atoms with Crippen LogP contribution >= 0.6 is 0 Å². The van der Waals surface area contributed by atoms with E-state index in [1.807, 2.05) is 0 Å². The molecule has 0 bridgehead atoms. The average molecular weight is 423 g/mol. The van der Waals surface area contributed by atoms with Gasteiger partial charge in [-0.1, -0.05) is 111 Å². The lowest BCUT2D eigenvalue weighted by molar-refractivity contribution is 1.34. The smallest absolute Gasteiger partial charge is 0.0779 e. The predicted octanol–water partition coefficient (Wildman–Crippen LogP) is 5.82. The first kappa shape index (κ1) is 21.6. The molecule has 1 heteroatoms. The molecule has 0 unspecified atom stereocenters. The van der Waals surface area contributed by atoms with Gasteiger partial charge in [-0.05, 0) is 70.4 Å². The van der Waals surface area contributed by atoms with E-state index in [2.05, 4.69) is 115 Å². The van der Waals surface area contributed by atoms with Crippen LogP contribution in [0.3, 0.4) is 0 Å². The van der Waals surface area contributed by atoms with Crippen LogP contribution < -0.4 is 15.6 Å². The Morgan fingerprint density at radius 2 is 0.806 bits per heavy atom. The minimum absolute atomic E-state index is 1.05. The van der Waals surface area contributed by atoms with Gasteiger partial charge < -0.3 is 0 Å². The first-order chi connectivity index (χ1) is 14.7. The number of allylic oxidation sites excluding steroid dienone is 4. The van der Waals surface area contributed by atoms with Gasteiger partial charge in [0.1, 0.15) is 0 Å². The molecular formula is C30H34Si. The van der Waals surface area contributed by atoms with Crippen LogP contribution in [0.25, 0.3) is 0 Å². The highest BCUT2D eigenvalue weighted by atomic mass is 28.3. The molecule has 158 valence electrons. The molecule has 0 aliphatic heterocycles. The van der Waals surface area contributed by atoms with Gasteiger partial charge in [-0.15, -0.1) is 0 Å². The Bertz CT molecular complexity index is 1040. The first-order valence-electron chi connectivity index (χ1n) is 11.3. The van der Waals surface area contributed by atoms with Crippen LogP contribution in [0.5, 0.6) is 0 Å². The van der Waals surface area contributed by atoms with Gasteiger partial charge in [-0.2, -0.15) is 0 Å². The molecule has 3 aromatic rings. The summed E-state index contributed by atoms with van der Waals surface area (Å²) in [5, 5.41) is 6.13. The van der Waals surface area contributed by atoms with E-state index in [-0.39, 0.29) is 0 Å². The van der Waals surface area contributed by atoms with E-state index < -0.39 is 8.07 Å². The predicted molar refractivity (Wildman–Crippen MR) is 139 cm³/mol. The summed E-state index contributed by atoms with van der Waals surface area (Å²) >= 11 is 0. The molecule has 4 rings (SSSR count). The third kappa shape index (κ3) is 3.99. The van der Waals surface area contributed by atoms with Crippen molar-refractivity contribution in [1.29, 1.82) is 0 Å². The Balaban J connectivity index is 2.19. The fourth-order valence-corrected chi connectivity index (χ4v) is 11.2. The summed E-state index contributed by atoms with van der Waals surface area (Å²) in [4.78, 5) is 0. The van der Waals surface area contributed by atoms with Crippen molar-refractivity contribution < 1.29 is 0 Å². The van der Waals surface area contributed by atoms with E-state index in [1.54, 1.807) is 5.20 Å². The summed E-state index contributed by atoms with van der Waals surface area (Å²) in [5.41, 5.74) is 9.50. The van der Waals surface area contributed by atoms with Crippen molar-refractivity contribution >= 4 is 23.6 Å². The van der Waals surface area contributed by atoms with E-state index in [9.17, 15) is 0 Å². The standard InChI is InChI=1S/C30H34Si/c1-20-8-9-27(13-20)31(28-14-21(2)10-22(3)15-28,29-16-23(4)11-24(5)17-29)30-18-25(6)12-26(7)19-30/h8,10-19H,9H2,1-7H3. The first-order valence-corrected chi connectivity index (χ1v) is 13.3. The van der Waals surface area contributed by atoms with Gasteiger partial charge in [-0.3, -0.25) is 0 Å². The molecule has 31 heavy (non-hydrogen) atoms. The summed E-state index contributed by atoms with van der Waals surface area (Å²) in [6.45, 7) is 15.7. The van der Waals surface area contributed by atoms with Crippen molar-refractivity contribution in [3.63, 3.8) is 0 Å². The van der Waals surface area contributed by atoms with Crippen molar-refractivity contribution in [3.8, 4) is 0 Å². The molecule has 0 amide bonds. The fourth-order valence-electron chi connectivity index (χ4n) is 5.55. The van der Waals surface area contributed by atoms with Crippen LogP contribution in [0.15, 0.2) is 77.5 Å². The van der Waals surface area contributed by atoms with Gasteiger partial charge in [-0.25, -0.2) is 0 Å². The lowest BCUT2D eigenvalue weighted by atomic mass is 10.1. The highest BCUT2D eigenvalue weighted by Gasteiger charge is 2.44. The Kier molecular flexibility index (Phi) is 5.66. The lowest BCUT2D eigenvalue weighted by Crippen LogP contribution is -2.69. The molecule has 1 aliphatic rings. The number of rotatable bonds is 4. The molecule has 0 aromatic heterocycles. The molecule has 0 saturated carbocycles. The molecule has 1 aliphatic carbocycles. The second kappa shape index (κ2) is 8.13. The van der Waals surface area contributed by atoms with Gasteiger partial charge in [0, 0.05) is 0 Å². The zero-order valence-electron chi connectivity index (χ0n) is 20.1. The van der Waals surface area contributed by atoms with Crippen molar-refractivity contribution in [2.24, 2.45) is 0 Å². The van der Waals surface area contributed by atoms with Gasteiger partial charge in [0.15, 0.2) is 8.07 Å². The minimum Gasteiger partial charge on any atom is -0.0779 e. The number of hydrogen-bond donors (Lipinski definition) is 0. The van der Waals surface area contributed by atoms with Crippen LogP contribution in [0.4, 0.5) is 0 Å². The summed E-state index contributed by atoms with van der Waals surface area (Å²) in [6, 6.07) is 21.7. The maximum Gasteiger partial charge on any atom is 0.176 e. The van der Waals surface area contributed by atoms with Gasteiger partial charge >= 0.3 is 0 Å². The highest BCUT2D eigenvalue weighted by Crippen LogP contribution is 2.28. The molecule has 0 atom stereocenters.